The zero-order valence-corrected chi connectivity index (χ0v) is 19.6. The Kier molecular flexibility index (Phi) is 6.44. The summed E-state index contributed by atoms with van der Waals surface area (Å²) in [6, 6.07) is -0.190. The predicted octanol–water partition coefficient (Wildman–Crippen LogP) is 0.767. The third-order valence-corrected chi connectivity index (χ3v) is 8.53. The fraction of sp³-hybridized carbons (Fsp3) is 0.810. The summed E-state index contributed by atoms with van der Waals surface area (Å²) in [7, 11) is -0.884. The van der Waals surface area contributed by atoms with Gasteiger partial charge in [-0.05, 0) is 45.4 Å². The topological polar surface area (TPSA) is 76.7 Å². The summed E-state index contributed by atoms with van der Waals surface area (Å²) in [5.74, 6) is 1.76. The van der Waals surface area contributed by atoms with Crippen LogP contribution < -0.4 is 4.90 Å². The van der Waals surface area contributed by atoms with Gasteiger partial charge in [-0.25, -0.2) is 8.42 Å². The van der Waals surface area contributed by atoms with Crippen LogP contribution in [0.1, 0.15) is 56.6 Å². The number of amides is 1. The van der Waals surface area contributed by atoms with Gasteiger partial charge in [0.05, 0.1) is 35.9 Å². The fourth-order valence-corrected chi connectivity index (χ4v) is 6.73. The fourth-order valence-electron chi connectivity index (χ4n) is 5.04. The molecular weight excluding hydrogens is 388 g/mol. The maximum Gasteiger partial charge on any atom is 0.280 e. The first-order chi connectivity index (χ1) is 13.5. The van der Waals surface area contributed by atoms with Crippen molar-refractivity contribution in [1.29, 1.82) is 0 Å². The van der Waals surface area contributed by atoms with E-state index in [0.717, 1.165) is 34.9 Å². The molecule has 5 atom stereocenters. The molecule has 1 unspecified atom stereocenters. The van der Waals surface area contributed by atoms with E-state index in [1.807, 2.05) is 30.4 Å². The largest absolute Gasteiger partial charge is 0.337 e. The van der Waals surface area contributed by atoms with E-state index in [1.54, 1.807) is 0 Å². The number of likely N-dealkylation sites (tertiary alicyclic amines) is 1. The molecule has 0 aliphatic carbocycles. The summed E-state index contributed by atoms with van der Waals surface area (Å²) in [6.45, 7) is 12.9. The molecule has 7 nitrogen and oxygen atoms in total. The zero-order chi connectivity index (χ0) is 21.5. The minimum atomic E-state index is -2.95. The second kappa shape index (κ2) is 8.38. The minimum Gasteiger partial charge on any atom is -0.337 e. The van der Waals surface area contributed by atoms with E-state index in [2.05, 4.69) is 26.0 Å². The SMILES string of the molecule is Cc1nn([C@H]2CCS(=O)(=O)C2)c(C)c1C[NH+](C)[C@@H](C)C(=O)N1C[C@H](C)C[C@H](C)C1. The van der Waals surface area contributed by atoms with Crippen LogP contribution in [0.15, 0.2) is 0 Å². The molecule has 3 rings (SSSR count). The molecule has 1 amide bonds. The van der Waals surface area contributed by atoms with Gasteiger partial charge in [0.15, 0.2) is 15.9 Å². The summed E-state index contributed by atoms with van der Waals surface area (Å²) in [4.78, 5) is 16.3. The van der Waals surface area contributed by atoms with Crippen molar-refractivity contribution >= 4 is 15.7 Å². The van der Waals surface area contributed by atoms with E-state index < -0.39 is 9.84 Å². The summed E-state index contributed by atoms with van der Waals surface area (Å²) < 4.78 is 25.6. The second-order valence-corrected chi connectivity index (χ2v) is 11.8. The number of carbonyl (C=O) groups is 1. The van der Waals surface area contributed by atoms with Crippen molar-refractivity contribution in [3.8, 4) is 0 Å². The standard InChI is InChI=1S/C21H36N4O3S/c1-14-9-15(2)11-24(10-14)21(26)18(5)23(6)12-20-16(3)22-25(17(20)4)19-7-8-29(27,28)13-19/h14-15,18-19H,7-13H2,1-6H3/p+1/t14-,15+,18-,19-/m0/s1. The Bertz CT molecular complexity index is 854. The normalized spacial score (nSPS) is 29.0. The summed E-state index contributed by atoms with van der Waals surface area (Å²) in [6.07, 6.45) is 1.82. The minimum absolute atomic E-state index is 0.0665. The van der Waals surface area contributed by atoms with Crippen LogP contribution in [0.4, 0.5) is 0 Å². The van der Waals surface area contributed by atoms with Gasteiger partial charge in [-0.1, -0.05) is 13.8 Å². The Morgan fingerprint density at radius 2 is 1.86 bits per heavy atom. The second-order valence-electron chi connectivity index (χ2n) is 9.58. The highest BCUT2D eigenvalue weighted by Gasteiger charge is 2.34. The van der Waals surface area contributed by atoms with Crippen LogP contribution in [0, 0.1) is 25.7 Å². The molecule has 8 heteroatoms. The lowest BCUT2D eigenvalue weighted by molar-refractivity contribution is -0.908. The number of hydrogen-bond acceptors (Lipinski definition) is 4. The highest BCUT2D eigenvalue weighted by molar-refractivity contribution is 7.91. The summed E-state index contributed by atoms with van der Waals surface area (Å²) >= 11 is 0. The van der Waals surface area contributed by atoms with E-state index in [0.29, 0.717) is 24.8 Å². The number of carbonyl (C=O) groups excluding carboxylic acids is 1. The van der Waals surface area contributed by atoms with E-state index in [9.17, 15) is 13.2 Å². The Morgan fingerprint density at radius 3 is 2.41 bits per heavy atom. The molecular formula is C21H37N4O3S+. The van der Waals surface area contributed by atoms with Gasteiger partial charge in [0.1, 0.15) is 6.54 Å². The van der Waals surface area contributed by atoms with Crippen molar-refractivity contribution in [3.63, 3.8) is 0 Å². The van der Waals surface area contributed by atoms with Crippen LogP contribution in [0.25, 0.3) is 0 Å². The Morgan fingerprint density at radius 1 is 1.24 bits per heavy atom. The first-order valence-corrected chi connectivity index (χ1v) is 12.7. The maximum atomic E-state index is 13.1. The molecule has 2 saturated heterocycles. The third kappa shape index (κ3) is 4.85. The monoisotopic (exact) mass is 425 g/mol. The molecule has 2 aliphatic heterocycles. The highest BCUT2D eigenvalue weighted by Crippen LogP contribution is 2.26. The molecule has 2 aliphatic rings. The first-order valence-electron chi connectivity index (χ1n) is 10.8. The van der Waals surface area contributed by atoms with E-state index in [1.165, 1.54) is 6.42 Å². The van der Waals surface area contributed by atoms with Gasteiger partial charge >= 0.3 is 0 Å². The van der Waals surface area contributed by atoms with Gasteiger partial charge in [0.25, 0.3) is 5.91 Å². The smallest absolute Gasteiger partial charge is 0.280 e. The van der Waals surface area contributed by atoms with Gasteiger partial charge in [-0.3, -0.25) is 9.48 Å². The molecule has 1 aromatic rings. The third-order valence-electron chi connectivity index (χ3n) is 6.77. The lowest BCUT2D eigenvalue weighted by Crippen LogP contribution is -3.12. The van der Waals surface area contributed by atoms with Gasteiger partial charge in [0.2, 0.25) is 0 Å². The molecule has 0 bridgehead atoms. The van der Waals surface area contributed by atoms with Crippen molar-refractivity contribution in [2.45, 2.75) is 66.1 Å². The number of likely N-dealkylation sites (N-methyl/N-ethyl adjacent to an activating group) is 1. The first kappa shape index (κ1) is 22.3. The number of hydrogen-bond donors (Lipinski definition) is 1. The Balaban J connectivity index is 1.70. The number of piperidine rings is 1. The van der Waals surface area contributed by atoms with Gasteiger partial charge in [0, 0.05) is 18.8 Å². The Hall–Kier alpha value is -1.41. The molecule has 0 aromatic carbocycles. The van der Waals surface area contributed by atoms with Crippen LogP contribution in [0.3, 0.4) is 0 Å². The van der Waals surface area contributed by atoms with Gasteiger partial charge < -0.3 is 9.80 Å². The molecule has 164 valence electrons. The molecule has 0 saturated carbocycles. The number of nitrogens with one attached hydrogen (secondary N) is 1. The summed E-state index contributed by atoms with van der Waals surface area (Å²) in [5.41, 5.74) is 3.10. The average molecular weight is 426 g/mol. The molecule has 2 fully saturated rings. The lowest BCUT2D eigenvalue weighted by atomic mass is 9.91. The maximum absolute atomic E-state index is 13.1. The average Bonchev–Trinajstić information content (AvgIpc) is 3.12. The lowest BCUT2D eigenvalue weighted by Gasteiger charge is -2.37. The van der Waals surface area contributed by atoms with Crippen LogP contribution in [0.2, 0.25) is 0 Å². The van der Waals surface area contributed by atoms with Crippen molar-refractivity contribution in [2.24, 2.45) is 11.8 Å². The molecule has 3 heterocycles. The van der Waals surface area contributed by atoms with E-state index in [4.69, 9.17) is 0 Å². The molecule has 29 heavy (non-hydrogen) atoms. The Labute approximate surface area is 175 Å². The van der Waals surface area contributed by atoms with Gasteiger partial charge in [-0.15, -0.1) is 0 Å². The number of aryl methyl sites for hydroxylation is 1. The molecule has 1 aromatic heterocycles. The number of quaternary nitrogens is 1. The predicted molar refractivity (Wildman–Crippen MR) is 114 cm³/mol. The van der Waals surface area contributed by atoms with Crippen LogP contribution in [-0.4, -0.2) is 66.7 Å². The van der Waals surface area contributed by atoms with E-state index >= 15 is 0 Å². The van der Waals surface area contributed by atoms with Crippen LogP contribution in [0.5, 0.6) is 0 Å². The van der Waals surface area contributed by atoms with Crippen LogP contribution in [-0.2, 0) is 21.2 Å². The van der Waals surface area contributed by atoms with E-state index in [-0.39, 0.29) is 29.5 Å². The number of rotatable bonds is 5. The quantitative estimate of drug-likeness (QED) is 0.756. The number of sulfone groups is 1. The molecule has 1 N–H and O–H groups in total. The van der Waals surface area contributed by atoms with Crippen molar-refractivity contribution in [2.75, 3.05) is 31.6 Å². The number of aromatic nitrogens is 2. The number of nitrogens with zero attached hydrogens (tertiary/aromatic N) is 3. The van der Waals surface area contributed by atoms with Crippen molar-refractivity contribution < 1.29 is 18.1 Å². The zero-order valence-electron chi connectivity index (χ0n) is 18.7. The summed E-state index contributed by atoms with van der Waals surface area (Å²) in [5, 5.41) is 4.67. The van der Waals surface area contributed by atoms with Crippen LogP contribution >= 0.6 is 0 Å². The highest BCUT2D eigenvalue weighted by atomic mass is 32.2. The molecule has 0 radical (unpaired) electrons. The molecule has 0 spiro atoms. The van der Waals surface area contributed by atoms with Crippen molar-refractivity contribution in [3.05, 3.63) is 17.0 Å². The van der Waals surface area contributed by atoms with Crippen molar-refractivity contribution in [1.82, 2.24) is 14.7 Å². The van der Waals surface area contributed by atoms with Gasteiger partial charge in [-0.2, -0.15) is 5.10 Å².